The Kier molecular flexibility index (Phi) is 5.69. The van der Waals surface area contributed by atoms with Crippen molar-refractivity contribution in [1.82, 2.24) is 0 Å². The molecule has 4 nitrogen and oxygen atoms in total. The number of benzene rings is 1. The van der Waals surface area contributed by atoms with Gasteiger partial charge in [0.25, 0.3) is 0 Å². The second-order valence-electron chi connectivity index (χ2n) is 3.74. The summed E-state index contributed by atoms with van der Waals surface area (Å²) in [5.74, 6) is 0.196. The number of nitrogens with two attached hydrogens (primary N) is 1. The molecule has 0 atom stereocenters. The molecule has 0 bridgehead atoms. The summed E-state index contributed by atoms with van der Waals surface area (Å²) in [4.78, 5) is 11.0. The number of rotatable bonds is 7. The highest BCUT2D eigenvalue weighted by Crippen LogP contribution is 2.19. The van der Waals surface area contributed by atoms with Gasteiger partial charge in [0.15, 0.2) is 0 Å². The molecule has 5 heteroatoms. The molecule has 0 fully saturated rings. The normalized spacial score (nSPS) is 10.2. The van der Waals surface area contributed by atoms with Crippen LogP contribution in [0.25, 0.3) is 0 Å². The largest absolute Gasteiger partial charge is 0.478 e. The molecule has 0 aliphatic rings. The molecule has 0 aromatic heterocycles. The van der Waals surface area contributed by atoms with E-state index >= 15 is 0 Å². The highest BCUT2D eigenvalue weighted by atomic mass is 32.2. The molecular formula is C12H18N2O2S. The molecule has 0 saturated carbocycles. The van der Waals surface area contributed by atoms with Crippen molar-refractivity contribution in [3.05, 3.63) is 23.8 Å². The summed E-state index contributed by atoms with van der Waals surface area (Å²) in [5, 5.41) is 12.1. The average Bonchev–Trinajstić information content (AvgIpc) is 2.28. The van der Waals surface area contributed by atoms with Crippen molar-refractivity contribution in [1.29, 1.82) is 0 Å². The molecule has 0 heterocycles. The summed E-state index contributed by atoms with van der Waals surface area (Å²) < 4.78 is 0. The van der Waals surface area contributed by atoms with Crippen LogP contribution < -0.4 is 11.1 Å². The van der Waals surface area contributed by atoms with Crippen LogP contribution in [-0.2, 0) is 0 Å². The van der Waals surface area contributed by atoms with E-state index in [0.29, 0.717) is 11.4 Å². The third kappa shape index (κ3) is 4.56. The van der Waals surface area contributed by atoms with Gasteiger partial charge < -0.3 is 16.2 Å². The van der Waals surface area contributed by atoms with Crippen LogP contribution in [0.4, 0.5) is 11.4 Å². The molecule has 94 valence electrons. The lowest BCUT2D eigenvalue weighted by Gasteiger charge is -2.10. The predicted octanol–water partition coefficient (Wildman–Crippen LogP) is 2.52. The highest BCUT2D eigenvalue weighted by molar-refractivity contribution is 7.98. The molecule has 4 N–H and O–H groups in total. The maximum absolute atomic E-state index is 11.0. The van der Waals surface area contributed by atoms with Gasteiger partial charge in [-0.2, -0.15) is 11.8 Å². The first-order valence-electron chi connectivity index (χ1n) is 5.50. The second-order valence-corrected chi connectivity index (χ2v) is 4.72. The van der Waals surface area contributed by atoms with E-state index in [9.17, 15) is 4.79 Å². The van der Waals surface area contributed by atoms with Crippen molar-refractivity contribution in [3.8, 4) is 0 Å². The van der Waals surface area contributed by atoms with Crippen LogP contribution in [-0.4, -0.2) is 29.6 Å². The van der Waals surface area contributed by atoms with Crippen LogP contribution in [0.15, 0.2) is 18.2 Å². The number of carbonyl (C=O) groups is 1. The summed E-state index contributed by atoms with van der Waals surface area (Å²) in [6.45, 7) is 0.768. The fourth-order valence-electron chi connectivity index (χ4n) is 1.49. The van der Waals surface area contributed by atoms with Crippen LogP contribution in [0.2, 0.25) is 0 Å². The second kappa shape index (κ2) is 7.06. The quantitative estimate of drug-likeness (QED) is 0.515. The molecule has 0 unspecified atom stereocenters. The fourth-order valence-corrected chi connectivity index (χ4v) is 1.98. The van der Waals surface area contributed by atoms with Gasteiger partial charge in [-0.05, 0) is 43.0 Å². The lowest BCUT2D eigenvalue weighted by atomic mass is 10.1. The topological polar surface area (TPSA) is 75.3 Å². The van der Waals surface area contributed by atoms with Gasteiger partial charge in [-0.25, -0.2) is 4.79 Å². The van der Waals surface area contributed by atoms with Crippen LogP contribution >= 0.6 is 11.8 Å². The number of anilines is 2. The molecule has 0 aliphatic carbocycles. The van der Waals surface area contributed by atoms with Crippen molar-refractivity contribution in [2.24, 2.45) is 0 Å². The zero-order valence-electron chi connectivity index (χ0n) is 9.90. The summed E-state index contributed by atoms with van der Waals surface area (Å²) in [7, 11) is 0. The number of thioether (sulfide) groups is 1. The van der Waals surface area contributed by atoms with E-state index in [1.807, 2.05) is 11.8 Å². The van der Waals surface area contributed by atoms with Gasteiger partial charge in [-0.3, -0.25) is 0 Å². The summed E-state index contributed by atoms with van der Waals surface area (Å²) in [6, 6.07) is 4.79. The Bertz CT molecular complexity index is 383. The Hall–Kier alpha value is -1.36. The predicted molar refractivity (Wildman–Crippen MR) is 73.9 cm³/mol. The van der Waals surface area contributed by atoms with E-state index in [-0.39, 0.29) is 5.56 Å². The molecule has 1 aromatic rings. The number of aromatic carboxylic acids is 1. The minimum absolute atomic E-state index is 0.268. The number of hydrogen-bond acceptors (Lipinski definition) is 4. The van der Waals surface area contributed by atoms with Gasteiger partial charge in [0.1, 0.15) is 0 Å². The maximum Gasteiger partial charge on any atom is 0.337 e. The minimum Gasteiger partial charge on any atom is -0.478 e. The van der Waals surface area contributed by atoms with Gasteiger partial charge in [-0.15, -0.1) is 0 Å². The van der Waals surface area contributed by atoms with Crippen molar-refractivity contribution in [2.75, 3.05) is 29.6 Å². The number of hydrogen-bond donors (Lipinski definition) is 3. The van der Waals surface area contributed by atoms with Crippen LogP contribution in [0.3, 0.4) is 0 Å². The number of carboxylic acids is 1. The number of nitrogens with one attached hydrogen (secondary N) is 1. The van der Waals surface area contributed by atoms with Crippen molar-refractivity contribution >= 4 is 29.1 Å². The van der Waals surface area contributed by atoms with Crippen LogP contribution in [0, 0.1) is 0 Å². The summed E-state index contributed by atoms with van der Waals surface area (Å²) >= 11 is 1.82. The van der Waals surface area contributed by atoms with E-state index in [2.05, 4.69) is 11.6 Å². The Morgan fingerprint density at radius 1 is 1.47 bits per heavy atom. The molecule has 17 heavy (non-hydrogen) atoms. The maximum atomic E-state index is 11.0. The standard InChI is InChI=1S/C12H18N2O2S/c1-17-7-3-2-6-14-11-8-9(13)4-5-10(11)12(15)16/h4-5,8,14H,2-3,6-7,13H2,1H3,(H,15,16). The first-order valence-corrected chi connectivity index (χ1v) is 6.90. The van der Waals surface area contributed by atoms with Gasteiger partial charge in [0.05, 0.1) is 11.3 Å². The number of unbranched alkanes of at least 4 members (excludes halogenated alkanes) is 1. The van der Waals surface area contributed by atoms with Crippen LogP contribution in [0.5, 0.6) is 0 Å². The zero-order valence-corrected chi connectivity index (χ0v) is 10.7. The molecule has 0 amide bonds. The van der Waals surface area contributed by atoms with E-state index in [0.717, 1.165) is 25.1 Å². The Labute approximate surface area is 106 Å². The van der Waals surface area contributed by atoms with Crippen molar-refractivity contribution in [3.63, 3.8) is 0 Å². The van der Waals surface area contributed by atoms with Crippen molar-refractivity contribution in [2.45, 2.75) is 12.8 Å². The third-order valence-corrected chi connectivity index (χ3v) is 3.06. The van der Waals surface area contributed by atoms with Gasteiger partial charge >= 0.3 is 5.97 Å². The lowest BCUT2D eigenvalue weighted by Crippen LogP contribution is -2.08. The smallest absolute Gasteiger partial charge is 0.337 e. The average molecular weight is 254 g/mol. The first-order chi connectivity index (χ1) is 8.15. The van der Waals surface area contributed by atoms with Gasteiger partial charge in [0, 0.05) is 12.2 Å². The number of nitrogen functional groups attached to an aromatic ring is 1. The minimum atomic E-state index is -0.934. The van der Waals surface area contributed by atoms with E-state index in [4.69, 9.17) is 10.8 Å². The Morgan fingerprint density at radius 3 is 2.88 bits per heavy atom. The molecule has 0 spiro atoms. The van der Waals surface area contributed by atoms with Gasteiger partial charge in [0.2, 0.25) is 0 Å². The summed E-state index contributed by atoms with van der Waals surface area (Å²) in [5.41, 5.74) is 7.08. The van der Waals surface area contributed by atoms with E-state index < -0.39 is 5.97 Å². The fraction of sp³-hybridized carbons (Fsp3) is 0.417. The van der Waals surface area contributed by atoms with E-state index in [1.54, 1.807) is 12.1 Å². The van der Waals surface area contributed by atoms with Crippen molar-refractivity contribution < 1.29 is 9.90 Å². The monoisotopic (exact) mass is 254 g/mol. The van der Waals surface area contributed by atoms with Gasteiger partial charge in [-0.1, -0.05) is 0 Å². The molecule has 1 aromatic carbocycles. The Balaban J connectivity index is 2.56. The SMILES string of the molecule is CSCCCCNc1cc(N)ccc1C(=O)O. The lowest BCUT2D eigenvalue weighted by molar-refractivity contribution is 0.0698. The first kappa shape index (κ1) is 13.7. The molecule has 0 saturated heterocycles. The highest BCUT2D eigenvalue weighted by Gasteiger charge is 2.09. The Morgan fingerprint density at radius 2 is 2.24 bits per heavy atom. The van der Waals surface area contributed by atoms with Crippen LogP contribution in [0.1, 0.15) is 23.2 Å². The molecule has 1 rings (SSSR count). The molecule has 0 radical (unpaired) electrons. The molecular weight excluding hydrogens is 236 g/mol. The number of carboxylic acid groups (broad SMARTS) is 1. The summed E-state index contributed by atoms with van der Waals surface area (Å²) in [6.07, 6.45) is 4.22. The third-order valence-electron chi connectivity index (χ3n) is 2.36. The molecule has 0 aliphatic heterocycles. The van der Waals surface area contributed by atoms with E-state index in [1.165, 1.54) is 6.07 Å². The zero-order chi connectivity index (χ0) is 12.7.